The Labute approximate surface area is 275 Å². The molecule has 0 amide bonds. The molecule has 0 bridgehead atoms. The molecule has 0 fully saturated rings. The highest BCUT2D eigenvalue weighted by Crippen LogP contribution is 2.51. The first kappa shape index (κ1) is 31.6. The number of hydrogen-bond donors (Lipinski definition) is 2. The van der Waals surface area contributed by atoms with Gasteiger partial charge in [0.1, 0.15) is 16.3 Å². The summed E-state index contributed by atoms with van der Waals surface area (Å²) >= 11 is 19.9. The number of nitrogens with zero attached hydrogens (tertiary/aromatic N) is 2. The van der Waals surface area contributed by atoms with Gasteiger partial charge in [-0.15, -0.1) is 23.2 Å². The molecule has 0 aliphatic carbocycles. The van der Waals surface area contributed by atoms with Gasteiger partial charge in [0.2, 0.25) is 0 Å². The molecule has 8 heteroatoms. The highest BCUT2D eigenvalue weighted by atomic mass is 79.9. The molecular weight excluding hydrogens is 699 g/mol. The number of phenolic OH excluding ortho intramolecular Hbond substituents is 2. The van der Waals surface area contributed by atoms with Crippen LogP contribution in [0.3, 0.4) is 0 Å². The molecule has 0 spiro atoms. The van der Waals surface area contributed by atoms with Gasteiger partial charge in [-0.05, 0) is 63.4 Å². The summed E-state index contributed by atoms with van der Waals surface area (Å²) in [7, 11) is 0. The maximum Gasteiger partial charge on any atom is 0.125 e. The zero-order valence-electron chi connectivity index (χ0n) is 24.8. The van der Waals surface area contributed by atoms with Gasteiger partial charge in [-0.25, -0.2) is 0 Å². The molecule has 0 saturated carbocycles. The highest BCUT2D eigenvalue weighted by Gasteiger charge is 2.40. The zero-order chi connectivity index (χ0) is 30.7. The first-order valence-electron chi connectivity index (χ1n) is 14.2. The number of fused-ring (bicyclic) bond motifs is 6. The molecule has 4 aromatic rings. The summed E-state index contributed by atoms with van der Waals surface area (Å²) < 4.78 is 0.212. The molecule has 2 aliphatic rings. The van der Waals surface area contributed by atoms with Gasteiger partial charge < -0.3 is 20.0 Å². The van der Waals surface area contributed by atoms with E-state index in [1.807, 2.05) is 54.6 Å². The van der Waals surface area contributed by atoms with Crippen LogP contribution < -0.4 is 9.80 Å². The van der Waals surface area contributed by atoms with Crippen LogP contribution in [-0.4, -0.2) is 43.0 Å². The third kappa shape index (κ3) is 5.69. The monoisotopic (exact) mass is 734 g/mol. The maximum atomic E-state index is 10.4. The van der Waals surface area contributed by atoms with Crippen molar-refractivity contribution in [2.24, 2.45) is 0 Å². The van der Waals surface area contributed by atoms with Crippen molar-refractivity contribution in [2.45, 2.75) is 73.0 Å². The number of halogens is 4. The third-order valence-corrected chi connectivity index (χ3v) is 10.3. The topological polar surface area (TPSA) is 46.9 Å². The van der Waals surface area contributed by atoms with Crippen molar-refractivity contribution in [3.8, 4) is 11.5 Å². The predicted octanol–water partition coefficient (Wildman–Crippen LogP) is 10.4. The van der Waals surface area contributed by atoms with E-state index in [2.05, 4.69) is 89.3 Å². The Hall–Kier alpha value is -1.86. The van der Waals surface area contributed by atoms with Crippen molar-refractivity contribution in [3.63, 3.8) is 0 Å². The van der Waals surface area contributed by atoms with Crippen LogP contribution in [0.1, 0.15) is 64.5 Å². The minimum Gasteiger partial charge on any atom is -0.507 e. The largest absolute Gasteiger partial charge is 0.507 e. The molecule has 2 atom stereocenters. The van der Waals surface area contributed by atoms with E-state index in [-0.39, 0.29) is 20.7 Å². The lowest BCUT2D eigenvalue weighted by Crippen LogP contribution is -2.41. The molecule has 2 heterocycles. The standard InChI is InChI=1S/C17H19Br2NO.C17H19Cl2NO/c2*1-17(2,3)20-9-12(16(18)19)15-11-7-5-4-6-10(11)14(21)8-13(15)20/h2*4-8,12,16,21H,9H2,1-3H3. The molecule has 224 valence electrons. The Morgan fingerprint density at radius 3 is 1.38 bits per heavy atom. The molecule has 2 unspecified atom stereocenters. The van der Waals surface area contributed by atoms with Gasteiger partial charge in [-0.2, -0.15) is 0 Å². The number of rotatable bonds is 2. The Bertz CT molecular complexity index is 1510. The summed E-state index contributed by atoms with van der Waals surface area (Å²) in [5.41, 5.74) is 4.61. The summed E-state index contributed by atoms with van der Waals surface area (Å²) in [5, 5.41) is 24.7. The molecule has 4 aromatic carbocycles. The van der Waals surface area contributed by atoms with E-state index >= 15 is 0 Å². The third-order valence-electron chi connectivity index (χ3n) is 8.39. The van der Waals surface area contributed by atoms with Crippen LogP contribution in [0.5, 0.6) is 11.5 Å². The van der Waals surface area contributed by atoms with Gasteiger partial charge >= 0.3 is 0 Å². The lowest BCUT2D eigenvalue weighted by molar-refractivity contribution is 0.478. The van der Waals surface area contributed by atoms with Crippen molar-refractivity contribution >= 4 is 88.0 Å². The van der Waals surface area contributed by atoms with E-state index in [9.17, 15) is 10.2 Å². The second-order valence-electron chi connectivity index (χ2n) is 13.2. The van der Waals surface area contributed by atoms with Crippen molar-refractivity contribution in [1.82, 2.24) is 0 Å². The van der Waals surface area contributed by atoms with E-state index < -0.39 is 4.84 Å². The van der Waals surface area contributed by atoms with E-state index in [1.165, 1.54) is 5.56 Å². The minimum absolute atomic E-state index is 0.0211. The summed E-state index contributed by atoms with van der Waals surface area (Å²) in [4.78, 5) is 4.19. The second kappa shape index (κ2) is 11.6. The number of benzene rings is 4. The number of hydrogen-bond acceptors (Lipinski definition) is 4. The fourth-order valence-electron chi connectivity index (χ4n) is 6.41. The van der Waals surface area contributed by atoms with Gasteiger partial charge in [0.15, 0.2) is 0 Å². The summed E-state index contributed by atoms with van der Waals surface area (Å²) in [5.74, 6) is 1.07. The Morgan fingerprint density at radius 1 is 0.667 bits per heavy atom. The van der Waals surface area contributed by atoms with Gasteiger partial charge in [-0.1, -0.05) is 80.4 Å². The van der Waals surface area contributed by atoms with Crippen LogP contribution in [0.2, 0.25) is 0 Å². The molecule has 0 aromatic heterocycles. The summed E-state index contributed by atoms with van der Waals surface area (Å²) in [6.45, 7) is 14.8. The fraction of sp³-hybridized carbons (Fsp3) is 0.412. The number of anilines is 2. The van der Waals surface area contributed by atoms with Crippen LogP contribution in [0, 0.1) is 0 Å². The second-order valence-corrected chi connectivity index (χ2v) is 17.6. The first-order chi connectivity index (χ1) is 19.6. The van der Waals surface area contributed by atoms with Crippen molar-refractivity contribution in [2.75, 3.05) is 22.9 Å². The Kier molecular flexibility index (Phi) is 8.70. The van der Waals surface area contributed by atoms with Crippen molar-refractivity contribution in [1.29, 1.82) is 0 Å². The number of aromatic hydroxyl groups is 2. The molecule has 0 radical (unpaired) electrons. The van der Waals surface area contributed by atoms with E-state index in [0.717, 1.165) is 51.6 Å². The average molecular weight is 737 g/mol. The molecule has 6 rings (SSSR count). The lowest BCUT2D eigenvalue weighted by atomic mass is 9.95. The van der Waals surface area contributed by atoms with Crippen LogP contribution >= 0.6 is 55.1 Å². The Balaban J connectivity index is 0.000000168. The zero-order valence-corrected chi connectivity index (χ0v) is 29.5. The summed E-state index contributed by atoms with van der Waals surface area (Å²) in [6, 6.07) is 19.7. The number of alkyl halides is 4. The maximum absolute atomic E-state index is 10.4. The Morgan fingerprint density at radius 2 is 1.02 bits per heavy atom. The van der Waals surface area contributed by atoms with E-state index in [0.29, 0.717) is 17.4 Å². The molecule has 0 saturated heterocycles. The SMILES string of the molecule is CC(C)(C)N1CC(C(Br)Br)c2c1cc(O)c1ccccc21.CC(C)(C)N1CC(C(Cl)Cl)c2c1cc(O)c1ccccc21. The van der Waals surface area contributed by atoms with Gasteiger partial charge in [0.05, 0.1) is 3.74 Å². The molecule has 4 nitrogen and oxygen atoms in total. The predicted molar refractivity (Wildman–Crippen MR) is 188 cm³/mol. The van der Waals surface area contributed by atoms with Crippen LogP contribution in [0.4, 0.5) is 11.4 Å². The van der Waals surface area contributed by atoms with Crippen LogP contribution in [-0.2, 0) is 0 Å². The van der Waals surface area contributed by atoms with E-state index in [4.69, 9.17) is 23.2 Å². The van der Waals surface area contributed by atoms with Crippen molar-refractivity contribution in [3.05, 3.63) is 71.8 Å². The van der Waals surface area contributed by atoms with Gasteiger partial charge in [-0.3, -0.25) is 0 Å². The molecule has 2 aliphatic heterocycles. The average Bonchev–Trinajstić information content (AvgIpc) is 3.49. The molecule has 2 N–H and O–H groups in total. The number of phenols is 2. The molecule has 42 heavy (non-hydrogen) atoms. The normalized spacial score (nSPS) is 18.6. The fourth-order valence-corrected chi connectivity index (χ4v) is 7.68. The lowest BCUT2D eigenvalue weighted by Gasteiger charge is -2.35. The smallest absolute Gasteiger partial charge is 0.125 e. The summed E-state index contributed by atoms with van der Waals surface area (Å²) in [6.07, 6.45) is 0. The quantitative estimate of drug-likeness (QED) is 0.201. The van der Waals surface area contributed by atoms with Gasteiger partial charge in [0.25, 0.3) is 0 Å². The minimum atomic E-state index is -0.468. The molecular formula is C34H38Br2Cl2N2O2. The van der Waals surface area contributed by atoms with Crippen LogP contribution in [0.15, 0.2) is 60.7 Å². The first-order valence-corrected chi connectivity index (χ1v) is 16.9. The van der Waals surface area contributed by atoms with E-state index in [1.54, 1.807) is 0 Å². The van der Waals surface area contributed by atoms with Crippen molar-refractivity contribution < 1.29 is 10.2 Å². The van der Waals surface area contributed by atoms with Gasteiger partial charge in [0, 0.05) is 70.3 Å². The van der Waals surface area contributed by atoms with Crippen LogP contribution in [0.25, 0.3) is 21.5 Å². The highest BCUT2D eigenvalue weighted by molar-refractivity contribution is 9.24.